The molecule has 0 radical (unpaired) electrons. The van der Waals surface area contributed by atoms with Crippen LogP contribution in [0.25, 0.3) is 0 Å². The van der Waals surface area contributed by atoms with Gasteiger partial charge < -0.3 is 5.32 Å². The summed E-state index contributed by atoms with van der Waals surface area (Å²) in [5.74, 6) is -2.99. The third kappa shape index (κ3) is 4.87. The summed E-state index contributed by atoms with van der Waals surface area (Å²) < 4.78 is 55.5. The van der Waals surface area contributed by atoms with Crippen molar-refractivity contribution in [3.63, 3.8) is 0 Å². The van der Waals surface area contributed by atoms with Gasteiger partial charge in [-0.25, -0.2) is 26.7 Å². The fourth-order valence-electron chi connectivity index (χ4n) is 3.01. The van der Waals surface area contributed by atoms with Crippen LogP contribution in [0.5, 0.6) is 0 Å². The average Bonchev–Trinajstić information content (AvgIpc) is 3.34. The molecule has 0 spiro atoms. The number of sulfonamides is 1. The molecule has 0 fully saturated rings. The number of carbonyl (C=O) groups is 2. The number of nitrogens with one attached hydrogen (secondary N) is 2. The molecule has 0 unspecified atom stereocenters. The van der Waals surface area contributed by atoms with Gasteiger partial charge in [0, 0.05) is 5.69 Å². The van der Waals surface area contributed by atoms with Gasteiger partial charge in [0.25, 0.3) is 15.9 Å². The minimum atomic E-state index is -4.23. The maximum absolute atomic E-state index is 14.7. The summed E-state index contributed by atoms with van der Waals surface area (Å²) in [5, 5.41) is 6.71. The second-order valence-electron chi connectivity index (χ2n) is 6.70. The van der Waals surface area contributed by atoms with Crippen LogP contribution >= 0.6 is 22.9 Å². The van der Waals surface area contributed by atoms with Crippen molar-refractivity contribution in [2.75, 3.05) is 10.3 Å². The van der Waals surface area contributed by atoms with Crippen molar-refractivity contribution in [1.29, 1.82) is 0 Å². The SMILES string of the molecule is O=C(Nc1cc(F)c(N2N=C(c3ccccc3)CC2=O)c(F)c1)NS(=O)(=O)c1ccc(Cl)s1. The molecule has 3 aromatic rings. The van der Waals surface area contributed by atoms with Crippen LogP contribution in [0.2, 0.25) is 4.34 Å². The van der Waals surface area contributed by atoms with Crippen molar-refractivity contribution in [1.82, 2.24) is 4.72 Å². The lowest BCUT2D eigenvalue weighted by atomic mass is 10.1. The van der Waals surface area contributed by atoms with Crippen molar-refractivity contribution >= 4 is 62.0 Å². The van der Waals surface area contributed by atoms with Crippen LogP contribution < -0.4 is 15.0 Å². The zero-order valence-corrected chi connectivity index (χ0v) is 18.8. The van der Waals surface area contributed by atoms with Gasteiger partial charge in [0.15, 0.2) is 11.6 Å². The number of thiophene rings is 1. The molecule has 0 saturated heterocycles. The van der Waals surface area contributed by atoms with Crippen LogP contribution in [0.15, 0.2) is 63.9 Å². The van der Waals surface area contributed by atoms with Gasteiger partial charge in [-0.2, -0.15) is 10.1 Å². The van der Waals surface area contributed by atoms with Crippen molar-refractivity contribution in [2.45, 2.75) is 10.6 Å². The van der Waals surface area contributed by atoms with Crippen molar-refractivity contribution in [2.24, 2.45) is 5.10 Å². The highest BCUT2D eigenvalue weighted by molar-refractivity contribution is 7.92. The van der Waals surface area contributed by atoms with E-state index in [0.29, 0.717) is 16.3 Å². The summed E-state index contributed by atoms with van der Waals surface area (Å²) in [7, 11) is -4.23. The van der Waals surface area contributed by atoms with E-state index in [9.17, 15) is 26.8 Å². The average molecular weight is 511 g/mol. The quantitative estimate of drug-likeness (QED) is 0.532. The topological polar surface area (TPSA) is 108 Å². The molecule has 0 atom stereocenters. The fourth-order valence-corrected chi connectivity index (χ4v) is 5.40. The predicted molar refractivity (Wildman–Crippen MR) is 120 cm³/mol. The lowest BCUT2D eigenvalue weighted by Gasteiger charge is -2.15. The van der Waals surface area contributed by atoms with E-state index in [2.05, 4.69) is 5.10 Å². The Hall–Kier alpha value is -3.35. The molecule has 2 N–H and O–H groups in total. The van der Waals surface area contributed by atoms with Gasteiger partial charge in [0.2, 0.25) is 0 Å². The lowest BCUT2D eigenvalue weighted by Crippen LogP contribution is -2.34. The second kappa shape index (κ2) is 8.89. The van der Waals surface area contributed by atoms with Crippen LogP contribution in [0.1, 0.15) is 12.0 Å². The number of urea groups is 1. The monoisotopic (exact) mass is 510 g/mol. The van der Waals surface area contributed by atoms with Crippen LogP contribution in [-0.2, 0) is 14.8 Å². The number of nitrogens with zero attached hydrogens (tertiary/aromatic N) is 2. The highest BCUT2D eigenvalue weighted by Gasteiger charge is 2.31. The Morgan fingerprint density at radius 2 is 1.76 bits per heavy atom. The molecule has 1 aliphatic rings. The maximum Gasteiger partial charge on any atom is 0.333 e. The highest BCUT2D eigenvalue weighted by atomic mass is 35.5. The minimum Gasteiger partial charge on any atom is -0.307 e. The van der Waals surface area contributed by atoms with Crippen LogP contribution in [0.3, 0.4) is 0 Å². The Bertz CT molecular complexity index is 1370. The first kappa shape index (κ1) is 22.8. The number of hydrogen-bond donors (Lipinski definition) is 2. The number of hydrogen-bond acceptors (Lipinski definition) is 6. The molecule has 0 bridgehead atoms. The number of halogens is 3. The van der Waals surface area contributed by atoms with Crippen molar-refractivity contribution in [3.05, 3.63) is 76.1 Å². The second-order valence-corrected chi connectivity index (χ2v) is 10.3. The zero-order chi connectivity index (χ0) is 23.8. The Labute approximate surface area is 195 Å². The number of benzene rings is 2. The van der Waals surface area contributed by atoms with E-state index in [0.717, 1.165) is 23.5 Å². The first-order chi connectivity index (χ1) is 15.6. The van der Waals surface area contributed by atoms with Crippen molar-refractivity contribution in [3.8, 4) is 0 Å². The molecule has 170 valence electrons. The van der Waals surface area contributed by atoms with Crippen LogP contribution in [0, 0.1) is 11.6 Å². The van der Waals surface area contributed by atoms with Crippen LogP contribution in [0.4, 0.5) is 25.0 Å². The Kier molecular flexibility index (Phi) is 6.15. The Morgan fingerprint density at radius 1 is 1.09 bits per heavy atom. The molecule has 33 heavy (non-hydrogen) atoms. The molecule has 8 nitrogen and oxygen atoms in total. The molecule has 2 heterocycles. The summed E-state index contributed by atoms with van der Waals surface area (Å²) in [6.07, 6.45) is -0.143. The lowest BCUT2D eigenvalue weighted by molar-refractivity contribution is -0.117. The normalized spacial score (nSPS) is 13.7. The smallest absolute Gasteiger partial charge is 0.307 e. The third-order valence-electron chi connectivity index (χ3n) is 4.41. The first-order valence-electron chi connectivity index (χ1n) is 9.18. The minimum absolute atomic E-state index is 0.143. The molecule has 3 amide bonds. The third-order valence-corrected chi connectivity index (χ3v) is 7.46. The molecule has 4 rings (SSSR count). The van der Waals surface area contributed by atoms with E-state index in [-0.39, 0.29) is 20.7 Å². The van der Waals surface area contributed by atoms with E-state index >= 15 is 0 Å². The van der Waals surface area contributed by atoms with Gasteiger partial charge in [0.1, 0.15) is 9.90 Å². The number of carbonyl (C=O) groups excluding carboxylic acids is 2. The molecule has 13 heteroatoms. The van der Waals surface area contributed by atoms with E-state index in [1.165, 1.54) is 12.1 Å². The van der Waals surface area contributed by atoms with Crippen LogP contribution in [-0.4, -0.2) is 26.1 Å². The molecular weight excluding hydrogens is 498 g/mol. The molecule has 1 aliphatic heterocycles. The van der Waals surface area contributed by atoms with Gasteiger partial charge in [-0.1, -0.05) is 41.9 Å². The number of hydrazone groups is 1. The van der Waals surface area contributed by atoms with Gasteiger partial charge in [0.05, 0.1) is 16.5 Å². The molecule has 1 aromatic heterocycles. The summed E-state index contributed by atoms with van der Waals surface area (Å²) in [5.41, 5.74) is -0.0977. The first-order valence-corrected chi connectivity index (χ1v) is 11.9. The van der Waals surface area contributed by atoms with Gasteiger partial charge in [-0.05, 0) is 29.8 Å². The summed E-state index contributed by atoms with van der Waals surface area (Å²) in [4.78, 5) is 24.4. The number of anilines is 2. The number of amides is 3. The van der Waals surface area contributed by atoms with Gasteiger partial charge in [-0.3, -0.25) is 4.79 Å². The standard InChI is InChI=1S/C20H13ClF2N4O4S2/c21-16-6-7-18(32-16)33(30,31)26-20(29)24-12-8-13(22)19(14(23)9-12)27-17(28)10-15(25-27)11-4-2-1-3-5-11/h1-9H,10H2,(H2,24,26,29). The molecule has 0 saturated carbocycles. The molecule has 2 aromatic carbocycles. The van der Waals surface area contributed by atoms with Gasteiger partial charge >= 0.3 is 6.03 Å². The van der Waals surface area contributed by atoms with E-state index in [4.69, 9.17) is 11.6 Å². The maximum atomic E-state index is 14.7. The highest BCUT2D eigenvalue weighted by Crippen LogP contribution is 2.31. The van der Waals surface area contributed by atoms with E-state index < -0.39 is 39.3 Å². The van der Waals surface area contributed by atoms with Crippen molar-refractivity contribution < 1.29 is 26.8 Å². The molecular formula is C20H13ClF2N4O4S2. The number of rotatable bonds is 5. The summed E-state index contributed by atoms with van der Waals surface area (Å²) in [6.45, 7) is 0. The Balaban J connectivity index is 1.53. The molecule has 0 aliphatic carbocycles. The van der Waals surface area contributed by atoms with E-state index in [1.54, 1.807) is 35.1 Å². The summed E-state index contributed by atoms with van der Waals surface area (Å²) >= 11 is 6.42. The fraction of sp³-hybridized carbons (Fsp3) is 0.0500. The Morgan fingerprint density at radius 3 is 2.36 bits per heavy atom. The zero-order valence-electron chi connectivity index (χ0n) is 16.4. The largest absolute Gasteiger partial charge is 0.333 e. The predicted octanol–water partition coefficient (Wildman–Crippen LogP) is 4.33. The van der Waals surface area contributed by atoms with E-state index in [1.807, 2.05) is 5.32 Å². The van der Waals surface area contributed by atoms with Gasteiger partial charge in [-0.15, -0.1) is 11.3 Å². The summed E-state index contributed by atoms with van der Waals surface area (Å²) in [6, 6.07) is 11.5.